The molecule has 0 atom stereocenters. The molecule has 0 radical (unpaired) electrons. The molecule has 1 amide bonds. The Balaban J connectivity index is 3.02. The molecule has 19 heavy (non-hydrogen) atoms. The molecule has 0 aliphatic rings. The molecule has 104 valence electrons. The van der Waals surface area contributed by atoms with E-state index >= 15 is 0 Å². The van der Waals surface area contributed by atoms with E-state index in [0.29, 0.717) is 0 Å². The van der Waals surface area contributed by atoms with Crippen LogP contribution in [0.3, 0.4) is 0 Å². The van der Waals surface area contributed by atoms with Gasteiger partial charge in [0.25, 0.3) is 5.91 Å². The molecule has 2 N–H and O–H groups in total. The van der Waals surface area contributed by atoms with Crippen LogP contribution in [0.25, 0.3) is 0 Å². The van der Waals surface area contributed by atoms with Gasteiger partial charge in [-0.25, -0.2) is 0 Å². The molecule has 0 fully saturated rings. The second-order valence-electron chi connectivity index (χ2n) is 3.80. The number of carboxylic acids is 1. The average Bonchev–Trinajstić information content (AvgIpc) is 2.33. The summed E-state index contributed by atoms with van der Waals surface area (Å²) in [7, 11) is 0. The molecule has 7 heteroatoms. The van der Waals surface area contributed by atoms with E-state index in [-0.39, 0.29) is 17.5 Å². The molecular weight excluding hydrogens is 263 g/mol. The van der Waals surface area contributed by atoms with Crippen LogP contribution in [0.5, 0.6) is 0 Å². The normalized spacial score (nSPS) is 11.2. The number of rotatable bonds is 4. The summed E-state index contributed by atoms with van der Waals surface area (Å²) in [6.45, 7) is 1.03. The Hall–Kier alpha value is -2.05. The molecule has 0 saturated carbocycles. The Morgan fingerprint density at radius 1 is 1.32 bits per heavy atom. The number of amides is 1. The van der Waals surface area contributed by atoms with Crippen LogP contribution >= 0.6 is 0 Å². The van der Waals surface area contributed by atoms with Crippen molar-refractivity contribution in [3.63, 3.8) is 0 Å². The number of alkyl halides is 3. The van der Waals surface area contributed by atoms with E-state index in [1.54, 1.807) is 6.92 Å². The zero-order valence-electron chi connectivity index (χ0n) is 10.0. The van der Waals surface area contributed by atoms with Gasteiger partial charge in [0.2, 0.25) is 0 Å². The van der Waals surface area contributed by atoms with Crippen molar-refractivity contribution in [2.75, 3.05) is 6.54 Å². The van der Waals surface area contributed by atoms with Crippen molar-refractivity contribution < 1.29 is 27.9 Å². The predicted molar refractivity (Wildman–Crippen MR) is 60.8 cm³/mol. The minimum absolute atomic E-state index is 0.0525. The molecule has 0 spiro atoms. The van der Waals surface area contributed by atoms with Crippen LogP contribution in [0, 0.1) is 0 Å². The molecule has 4 nitrogen and oxygen atoms in total. The van der Waals surface area contributed by atoms with Crippen LogP contribution in [0.1, 0.15) is 28.4 Å². The Morgan fingerprint density at radius 2 is 1.95 bits per heavy atom. The number of nitrogens with one attached hydrogen (secondary N) is 1. The van der Waals surface area contributed by atoms with Crippen LogP contribution in [0.4, 0.5) is 13.2 Å². The maximum absolute atomic E-state index is 12.5. The van der Waals surface area contributed by atoms with Gasteiger partial charge in [0, 0.05) is 5.56 Å². The Bertz CT molecular complexity index is 497. The second-order valence-corrected chi connectivity index (χ2v) is 3.80. The number of halogens is 3. The fourth-order valence-electron chi connectivity index (χ4n) is 1.54. The van der Waals surface area contributed by atoms with Gasteiger partial charge in [-0.3, -0.25) is 9.59 Å². The Kier molecular flexibility index (Phi) is 4.52. The van der Waals surface area contributed by atoms with Crippen LogP contribution < -0.4 is 5.32 Å². The largest absolute Gasteiger partial charge is 0.480 e. The zero-order valence-corrected chi connectivity index (χ0v) is 10.0. The van der Waals surface area contributed by atoms with Crippen LogP contribution in [-0.4, -0.2) is 23.5 Å². The Labute approximate surface area is 107 Å². The topological polar surface area (TPSA) is 66.4 Å². The van der Waals surface area contributed by atoms with E-state index in [4.69, 9.17) is 5.11 Å². The summed E-state index contributed by atoms with van der Waals surface area (Å²) in [5.41, 5.74) is -0.561. The summed E-state index contributed by atoms with van der Waals surface area (Å²) in [4.78, 5) is 21.9. The third-order valence-electron chi connectivity index (χ3n) is 2.46. The number of aliphatic carboxylic acids is 1. The minimum Gasteiger partial charge on any atom is -0.480 e. The third-order valence-corrected chi connectivity index (χ3v) is 2.46. The summed E-state index contributed by atoms with van der Waals surface area (Å²) in [5, 5.41) is 10.5. The fraction of sp³-hybridized carbons (Fsp3) is 0.333. The van der Waals surface area contributed by atoms with Crippen LogP contribution in [0.15, 0.2) is 18.2 Å². The molecule has 0 bridgehead atoms. The first kappa shape index (κ1) is 15.0. The lowest BCUT2D eigenvalue weighted by Gasteiger charge is -2.12. The van der Waals surface area contributed by atoms with Crippen molar-refractivity contribution in [2.24, 2.45) is 0 Å². The van der Waals surface area contributed by atoms with Crippen molar-refractivity contribution >= 4 is 11.9 Å². The summed E-state index contributed by atoms with van der Waals surface area (Å²) in [6.07, 6.45) is -4.24. The highest BCUT2D eigenvalue weighted by atomic mass is 19.4. The van der Waals surface area contributed by atoms with Crippen LogP contribution in [-0.2, 0) is 17.4 Å². The van der Waals surface area contributed by atoms with Gasteiger partial charge in [0.1, 0.15) is 6.54 Å². The molecule has 0 aliphatic carbocycles. The highest BCUT2D eigenvalue weighted by Crippen LogP contribution is 2.30. The summed E-state index contributed by atoms with van der Waals surface area (Å²) in [5.74, 6) is -1.92. The van der Waals surface area contributed by atoms with E-state index in [9.17, 15) is 22.8 Å². The van der Waals surface area contributed by atoms with E-state index in [0.717, 1.165) is 18.2 Å². The molecule has 1 aromatic carbocycles. The first-order valence-corrected chi connectivity index (χ1v) is 5.45. The number of aryl methyl sites for hydroxylation is 1. The first-order chi connectivity index (χ1) is 8.75. The quantitative estimate of drug-likeness (QED) is 0.884. The molecule has 0 unspecified atom stereocenters. The number of hydrogen-bond donors (Lipinski definition) is 2. The first-order valence-electron chi connectivity index (χ1n) is 5.45. The van der Waals surface area contributed by atoms with Gasteiger partial charge in [-0.15, -0.1) is 0 Å². The van der Waals surface area contributed by atoms with E-state index < -0.39 is 30.2 Å². The van der Waals surface area contributed by atoms with Gasteiger partial charge in [-0.1, -0.05) is 6.92 Å². The van der Waals surface area contributed by atoms with Gasteiger partial charge in [-0.2, -0.15) is 13.2 Å². The molecule has 0 heterocycles. The molecular formula is C12H12F3NO3. The highest BCUT2D eigenvalue weighted by Gasteiger charge is 2.31. The highest BCUT2D eigenvalue weighted by molar-refractivity contribution is 5.97. The smallest absolute Gasteiger partial charge is 0.416 e. The van der Waals surface area contributed by atoms with E-state index in [1.807, 2.05) is 0 Å². The van der Waals surface area contributed by atoms with Gasteiger partial charge in [-0.05, 0) is 30.2 Å². The summed E-state index contributed by atoms with van der Waals surface area (Å²) >= 11 is 0. The SMILES string of the molecule is CCc1cc(C(F)(F)F)ccc1C(=O)NCC(=O)O. The lowest BCUT2D eigenvalue weighted by Crippen LogP contribution is -2.30. The maximum atomic E-state index is 12.5. The number of carbonyl (C=O) groups is 2. The van der Waals surface area contributed by atoms with Crippen molar-refractivity contribution in [1.82, 2.24) is 5.32 Å². The molecule has 0 aliphatic heterocycles. The minimum atomic E-state index is -4.47. The second kappa shape index (κ2) is 5.73. The summed E-state index contributed by atoms with van der Waals surface area (Å²) in [6, 6.07) is 2.75. The van der Waals surface area contributed by atoms with Gasteiger partial charge in [0.15, 0.2) is 0 Å². The standard InChI is InChI=1S/C12H12F3NO3/c1-2-7-5-8(12(13,14)15)3-4-9(7)11(19)16-6-10(17)18/h3-5H,2,6H2,1H3,(H,16,19)(H,17,18). The van der Waals surface area contributed by atoms with Crippen LogP contribution in [0.2, 0.25) is 0 Å². The van der Waals surface area contributed by atoms with E-state index in [1.165, 1.54) is 0 Å². The number of hydrogen-bond acceptors (Lipinski definition) is 2. The monoisotopic (exact) mass is 275 g/mol. The zero-order chi connectivity index (χ0) is 14.6. The average molecular weight is 275 g/mol. The fourth-order valence-corrected chi connectivity index (χ4v) is 1.54. The molecule has 0 saturated heterocycles. The van der Waals surface area contributed by atoms with Crippen molar-refractivity contribution in [3.8, 4) is 0 Å². The van der Waals surface area contributed by atoms with Crippen molar-refractivity contribution in [1.29, 1.82) is 0 Å². The molecule has 1 aromatic rings. The molecule has 1 rings (SSSR count). The van der Waals surface area contributed by atoms with E-state index in [2.05, 4.69) is 5.32 Å². The van der Waals surface area contributed by atoms with Gasteiger partial charge < -0.3 is 10.4 Å². The lowest BCUT2D eigenvalue weighted by molar-refractivity contribution is -0.138. The van der Waals surface area contributed by atoms with Crippen molar-refractivity contribution in [3.05, 3.63) is 34.9 Å². The maximum Gasteiger partial charge on any atom is 0.416 e. The van der Waals surface area contributed by atoms with Gasteiger partial charge >= 0.3 is 12.1 Å². The number of carbonyl (C=O) groups excluding carboxylic acids is 1. The van der Waals surface area contributed by atoms with Crippen molar-refractivity contribution in [2.45, 2.75) is 19.5 Å². The number of carboxylic acid groups (broad SMARTS) is 1. The number of benzene rings is 1. The predicted octanol–water partition coefficient (Wildman–Crippen LogP) is 2.08. The Morgan fingerprint density at radius 3 is 2.42 bits per heavy atom. The lowest BCUT2D eigenvalue weighted by atomic mass is 10.0. The third kappa shape index (κ3) is 3.97. The molecule has 0 aromatic heterocycles. The van der Waals surface area contributed by atoms with Gasteiger partial charge in [0.05, 0.1) is 5.56 Å². The summed E-state index contributed by atoms with van der Waals surface area (Å²) < 4.78 is 37.5.